The number of nitrogens with zero attached hydrogens (tertiary/aromatic N) is 3. The van der Waals surface area contributed by atoms with Crippen molar-refractivity contribution < 1.29 is 14.3 Å². The number of hydrogen-bond donors (Lipinski definition) is 2. The van der Waals surface area contributed by atoms with Crippen molar-refractivity contribution in [3.8, 4) is 17.2 Å². The maximum absolute atomic E-state index is 13.0. The number of nitrogens with two attached hydrogens (primary N) is 1. The maximum atomic E-state index is 13.0. The van der Waals surface area contributed by atoms with Crippen LogP contribution in [0.15, 0.2) is 42.5 Å². The minimum atomic E-state index is -0.282. The van der Waals surface area contributed by atoms with E-state index in [0.717, 1.165) is 6.42 Å². The molecule has 0 saturated carbocycles. The normalized spacial score (nSPS) is 11.0. The Morgan fingerprint density at radius 2 is 1.83 bits per heavy atom. The number of benzene rings is 2. The lowest BCUT2D eigenvalue weighted by Gasteiger charge is -2.13. The monoisotopic (exact) mass is 405 g/mol. The largest absolute Gasteiger partial charge is 0.497 e. The number of aromatic nitrogens is 3. The molecule has 0 aliphatic rings. The fourth-order valence-corrected chi connectivity index (χ4v) is 3.43. The smallest absolute Gasteiger partial charge is 0.257 e. The number of nitrogens with one attached hydrogen (secondary N) is 1. The molecule has 0 bridgehead atoms. The van der Waals surface area contributed by atoms with Gasteiger partial charge in [-0.1, -0.05) is 19.1 Å². The molecule has 0 atom stereocenters. The summed E-state index contributed by atoms with van der Waals surface area (Å²) in [6.45, 7) is 2.53. The van der Waals surface area contributed by atoms with Gasteiger partial charge in [-0.25, -0.2) is 9.97 Å². The standard InChI is InChI=1S/C22H23N5O3/c1-4-11-24-22(28)18-19-21(26-15-8-6-5-7-14(15)25-19)27(20(18)23)16-10-9-13(29-2)12-17(16)30-3/h5-10,12H,4,11,23H2,1-3H3,(H,24,28). The maximum Gasteiger partial charge on any atom is 0.257 e. The molecule has 2 aromatic heterocycles. The Balaban J connectivity index is 2.05. The first-order valence-electron chi connectivity index (χ1n) is 9.66. The van der Waals surface area contributed by atoms with Crippen LogP contribution >= 0.6 is 0 Å². The first-order chi connectivity index (χ1) is 14.6. The molecular weight excluding hydrogens is 382 g/mol. The lowest BCUT2D eigenvalue weighted by Crippen LogP contribution is -2.25. The molecule has 154 valence electrons. The number of hydrogen-bond acceptors (Lipinski definition) is 6. The molecule has 0 radical (unpaired) electrons. The Morgan fingerprint density at radius 3 is 2.50 bits per heavy atom. The van der Waals surface area contributed by atoms with Crippen LogP contribution in [0.1, 0.15) is 23.7 Å². The number of para-hydroxylation sites is 2. The summed E-state index contributed by atoms with van der Waals surface area (Å²) in [5.41, 5.74) is 9.77. The zero-order chi connectivity index (χ0) is 21.3. The lowest BCUT2D eigenvalue weighted by atomic mass is 10.2. The average Bonchev–Trinajstić information content (AvgIpc) is 3.05. The third kappa shape index (κ3) is 3.16. The quantitative estimate of drug-likeness (QED) is 0.510. The Kier molecular flexibility index (Phi) is 5.14. The van der Waals surface area contributed by atoms with Gasteiger partial charge in [-0.15, -0.1) is 0 Å². The summed E-state index contributed by atoms with van der Waals surface area (Å²) in [7, 11) is 3.15. The molecular formula is C22H23N5O3. The topological polar surface area (TPSA) is 104 Å². The molecule has 30 heavy (non-hydrogen) atoms. The SMILES string of the molecule is CCCNC(=O)c1c(N)n(-c2ccc(OC)cc2OC)c2nc3ccccc3nc12. The molecule has 0 fully saturated rings. The fourth-order valence-electron chi connectivity index (χ4n) is 3.43. The average molecular weight is 405 g/mol. The predicted molar refractivity (Wildman–Crippen MR) is 117 cm³/mol. The molecule has 4 aromatic rings. The minimum absolute atomic E-state index is 0.248. The molecule has 0 saturated heterocycles. The first-order valence-corrected chi connectivity index (χ1v) is 9.66. The zero-order valence-electron chi connectivity index (χ0n) is 17.1. The number of nitrogen functional groups attached to an aromatic ring is 1. The van der Waals surface area contributed by atoms with Crippen LogP contribution in [-0.4, -0.2) is 41.2 Å². The van der Waals surface area contributed by atoms with Gasteiger partial charge >= 0.3 is 0 Å². The van der Waals surface area contributed by atoms with Crippen molar-refractivity contribution in [1.82, 2.24) is 19.9 Å². The highest BCUT2D eigenvalue weighted by Crippen LogP contribution is 2.36. The second-order valence-electron chi connectivity index (χ2n) is 6.77. The number of amides is 1. The van der Waals surface area contributed by atoms with Gasteiger partial charge in [-0.2, -0.15) is 0 Å². The molecule has 8 nitrogen and oxygen atoms in total. The van der Waals surface area contributed by atoms with E-state index in [1.165, 1.54) is 0 Å². The van der Waals surface area contributed by atoms with E-state index in [1.807, 2.05) is 37.3 Å². The van der Waals surface area contributed by atoms with Gasteiger partial charge in [0.15, 0.2) is 5.65 Å². The van der Waals surface area contributed by atoms with Gasteiger partial charge in [-0.05, 0) is 30.7 Å². The Bertz CT molecular complexity index is 1250. The van der Waals surface area contributed by atoms with Crippen LogP contribution in [0.5, 0.6) is 11.5 Å². The third-order valence-electron chi connectivity index (χ3n) is 4.89. The van der Waals surface area contributed by atoms with Gasteiger partial charge in [0.2, 0.25) is 0 Å². The van der Waals surface area contributed by atoms with Gasteiger partial charge in [0, 0.05) is 12.6 Å². The van der Waals surface area contributed by atoms with Crippen molar-refractivity contribution in [1.29, 1.82) is 0 Å². The van der Waals surface area contributed by atoms with E-state index in [9.17, 15) is 4.79 Å². The highest BCUT2D eigenvalue weighted by molar-refractivity contribution is 6.11. The molecule has 0 spiro atoms. The molecule has 2 heterocycles. The van der Waals surface area contributed by atoms with Crippen LogP contribution in [0.25, 0.3) is 27.9 Å². The summed E-state index contributed by atoms with van der Waals surface area (Å²) >= 11 is 0. The molecule has 2 aromatic carbocycles. The van der Waals surface area contributed by atoms with Crippen LogP contribution < -0.4 is 20.5 Å². The first kappa shape index (κ1) is 19.5. The van der Waals surface area contributed by atoms with Gasteiger partial charge in [-0.3, -0.25) is 9.36 Å². The summed E-state index contributed by atoms with van der Waals surface area (Å²) in [4.78, 5) is 22.4. The highest BCUT2D eigenvalue weighted by atomic mass is 16.5. The Hall–Kier alpha value is -3.81. The van der Waals surface area contributed by atoms with Crippen molar-refractivity contribution in [2.75, 3.05) is 26.5 Å². The second-order valence-corrected chi connectivity index (χ2v) is 6.77. The van der Waals surface area contributed by atoms with E-state index in [1.54, 1.807) is 30.9 Å². The number of ether oxygens (including phenoxy) is 2. The third-order valence-corrected chi connectivity index (χ3v) is 4.89. The van der Waals surface area contributed by atoms with Gasteiger partial charge < -0.3 is 20.5 Å². The van der Waals surface area contributed by atoms with E-state index in [-0.39, 0.29) is 11.7 Å². The van der Waals surface area contributed by atoms with E-state index in [0.29, 0.717) is 51.5 Å². The summed E-state index contributed by atoms with van der Waals surface area (Å²) < 4.78 is 12.6. The van der Waals surface area contributed by atoms with Gasteiger partial charge in [0.1, 0.15) is 28.4 Å². The van der Waals surface area contributed by atoms with Crippen molar-refractivity contribution >= 4 is 33.9 Å². The molecule has 4 rings (SSSR count). The number of anilines is 1. The van der Waals surface area contributed by atoms with E-state index in [2.05, 4.69) is 5.32 Å². The summed E-state index contributed by atoms with van der Waals surface area (Å²) in [5, 5.41) is 2.89. The van der Waals surface area contributed by atoms with Crippen molar-refractivity contribution in [2.24, 2.45) is 0 Å². The van der Waals surface area contributed by atoms with Crippen LogP contribution in [0, 0.1) is 0 Å². The molecule has 0 aliphatic carbocycles. The number of rotatable bonds is 6. The molecule has 0 aliphatic heterocycles. The van der Waals surface area contributed by atoms with E-state index >= 15 is 0 Å². The Labute approximate surface area is 173 Å². The van der Waals surface area contributed by atoms with Crippen LogP contribution in [0.3, 0.4) is 0 Å². The van der Waals surface area contributed by atoms with Crippen LogP contribution in [0.4, 0.5) is 5.82 Å². The van der Waals surface area contributed by atoms with Crippen LogP contribution in [-0.2, 0) is 0 Å². The van der Waals surface area contributed by atoms with E-state index in [4.69, 9.17) is 25.2 Å². The number of carbonyl (C=O) groups excluding carboxylic acids is 1. The summed E-state index contributed by atoms with van der Waals surface area (Å²) in [6.07, 6.45) is 0.811. The number of carbonyl (C=O) groups is 1. The summed E-state index contributed by atoms with van der Waals surface area (Å²) in [5.74, 6) is 1.14. The summed E-state index contributed by atoms with van der Waals surface area (Å²) in [6, 6.07) is 12.9. The van der Waals surface area contributed by atoms with Crippen molar-refractivity contribution in [2.45, 2.75) is 13.3 Å². The van der Waals surface area contributed by atoms with Crippen LogP contribution in [0.2, 0.25) is 0 Å². The van der Waals surface area contributed by atoms with Crippen molar-refractivity contribution in [3.63, 3.8) is 0 Å². The second kappa shape index (κ2) is 7.90. The zero-order valence-corrected chi connectivity index (χ0v) is 17.1. The van der Waals surface area contributed by atoms with Gasteiger partial charge in [0.25, 0.3) is 5.91 Å². The highest BCUT2D eigenvalue weighted by Gasteiger charge is 2.26. The van der Waals surface area contributed by atoms with Gasteiger partial charge in [0.05, 0.1) is 30.9 Å². The van der Waals surface area contributed by atoms with Crippen molar-refractivity contribution in [3.05, 3.63) is 48.0 Å². The lowest BCUT2D eigenvalue weighted by molar-refractivity contribution is 0.0956. The predicted octanol–water partition coefficient (Wildman–Crippen LogP) is 3.31. The molecule has 1 amide bonds. The Morgan fingerprint density at radius 1 is 1.10 bits per heavy atom. The van der Waals surface area contributed by atoms with E-state index < -0.39 is 0 Å². The number of methoxy groups -OCH3 is 2. The molecule has 3 N–H and O–H groups in total. The number of fused-ring (bicyclic) bond motifs is 2. The molecule has 0 unspecified atom stereocenters. The molecule has 8 heteroatoms. The minimum Gasteiger partial charge on any atom is -0.497 e. The fraction of sp³-hybridized carbons (Fsp3) is 0.227.